The number of nitrogens with zero attached hydrogens (tertiary/aromatic N) is 1. The number of nitrogen functional groups attached to an aromatic ring is 1. The average Bonchev–Trinajstić information content (AvgIpc) is 2.37. The van der Waals surface area contributed by atoms with Crippen LogP contribution in [0.5, 0.6) is 0 Å². The van der Waals surface area contributed by atoms with Crippen molar-refractivity contribution in [2.75, 3.05) is 5.73 Å². The largest absolute Gasteiger partial charge is 0.398 e. The summed E-state index contributed by atoms with van der Waals surface area (Å²) in [7, 11) is 0. The number of hydrogen-bond donors (Lipinski definition) is 2. The third kappa shape index (κ3) is 3.59. The van der Waals surface area contributed by atoms with Gasteiger partial charge >= 0.3 is 0 Å². The molecule has 2 atom stereocenters. The van der Waals surface area contributed by atoms with Gasteiger partial charge in [0.15, 0.2) is 0 Å². The second kappa shape index (κ2) is 5.91. The van der Waals surface area contributed by atoms with Gasteiger partial charge in [0.2, 0.25) is 5.91 Å². The van der Waals surface area contributed by atoms with E-state index in [1.54, 1.807) is 6.07 Å². The first-order valence-electron chi connectivity index (χ1n) is 6.81. The second-order valence-corrected chi connectivity index (χ2v) is 5.36. The van der Waals surface area contributed by atoms with Gasteiger partial charge in [-0.05, 0) is 24.8 Å². The Morgan fingerprint density at radius 2 is 2.16 bits per heavy atom. The van der Waals surface area contributed by atoms with Crippen LogP contribution in [0, 0.1) is 5.92 Å². The number of nitrogens with one attached hydrogen (secondary N) is 1. The monoisotopic (exact) mass is 263 g/mol. The van der Waals surface area contributed by atoms with Crippen molar-refractivity contribution in [2.45, 2.75) is 45.2 Å². The SMILES string of the molecule is CC1CCCCC1NC(=O)Cn1cc(N)ccc1=O. The van der Waals surface area contributed by atoms with E-state index in [0.29, 0.717) is 11.6 Å². The molecule has 0 radical (unpaired) electrons. The van der Waals surface area contributed by atoms with Crippen LogP contribution in [-0.2, 0) is 11.3 Å². The molecule has 0 bridgehead atoms. The summed E-state index contributed by atoms with van der Waals surface area (Å²) in [5.41, 5.74) is 5.90. The maximum atomic E-state index is 12.0. The Hall–Kier alpha value is -1.78. The minimum atomic E-state index is -0.207. The van der Waals surface area contributed by atoms with Crippen LogP contribution >= 0.6 is 0 Å². The van der Waals surface area contributed by atoms with Gasteiger partial charge in [0.25, 0.3) is 5.56 Å². The molecule has 1 saturated carbocycles. The quantitative estimate of drug-likeness (QED) is 0.858. The molecule has 104 valence electrons. The van der Waals surface area contributed by atoms with Crippen molar-refractivity contribution in [3.63, 3.8) is 0 Å². The molecular weight excluding hydrogens is 242 g/mol. The predicted octanol–water partition coefficient (Wildman–Crippen LogP) is 1.13. The minimum absolute atomic E-state index is 0.0348. The van der Waals surface area contributed by atoms with Crippen LogP contribution in [0.4, 0.5) is 5.69 Å². The minimum Gasteiger partial charge on any atom is -0.398 e. The smallest absolute Gasteiger partial charge is 0.251 e. The summed E-state index contributed by atoms with van der Waals surface area (Å²) in [5, 5.41) is 3.02. The molecule has 5 heteroatoms. The highest BCUT2D eigenvalue weighted by molar-refractivity contribution is 5.76. The molecule has 0 spiro atoms. The number of carbonyl (C=O) groups is 1. The van der Waals surface area contributed by atoms with Gasteiger partial charge in [-0.15, -0.1) is 0 Å². The third-order valence-corrected chi connectivity index (χ3v) is 3.78. The summed E-state index contributed by atoms with van der Waals surface area (Å²) in [5.74, 6) is 0.390. The summed E-state index contributed by atoms with van der Waals surface area (Å²) < 4.78 is 1.35. The molecular formula is C14H21N3O2. The van der Waals surface area contributed by atoms with Gasteiger partial charge in [0.05, 0.1) is 0 Å². The summed E-state index contributed by atoms with van der Waals surface area (Å²) in [4.78, 5) is 23.6. The molecule has 1 aliphatic rings. The lowest BCUT2D eigenvalue weighted by Crippen LogP contribution is -2.43. The number of nitrogens with two attached hydrogens (primary N) is 1. The zero-order valence-corrected chi connectivity index (χ0v) is 11.3. The molecule has 3 N–H and O–H groups in total. The Labute approximate surface area is 112 Å². The fraction of sp³-hybridized carbons (Fsp3) is 0.571. The standard InChI is InChI=1S/C14H21N3O2/c1-10-4-2-3-5-12(10)16-13(18)9-17-8-11(15)6-7-14(17)19/h6-8,10,12H,2-5,9,15H2,1H3,(H,16,18). The Morgan fingerprint density at radius 1 is 1.42 bits per heavy atom. The van der Waals surface area contributed by atoms with Crippen molar-refractivity contribution in [2.24, 2.45) is 5.92 Å². The Bertz CT molecular complexity index is 510. The zero-order valence-electron chi connectivity index (χ0n) is 11.3. The van der Waals surface area contributed by atoms with E-state index in [9.17, 15) is 9.59 Å². The fourth-order valence-corrected chi connectivity index (χ4v) is 2.61. The molecule has 1 fully saturated rings. The first-order valence-corrected chi connectivity index (χ1v) is 6.81. The van der Waals surface area contributed by atoms with Crippen LogP contribution in [0.1, 0.15) is 32.6 Å². The Kier molecular flexibility index (Phi) is 4.24. The van der Waals surface area contributed by atoms with E-state index in [0.717, 1.165) is 19.3 Å². The van der Waals surface area contributed by atoms with Gasteiger partial charge in [0.1, 0.15) is 6.54 Å². The van der Waals surface area contributed by atoms with E-state index in [4.69, 9.17) is 5.73 Å². The summed E-state index contributed by atoms with van der Waals surface area (Å²) >= 11 is 0. The lowest BCUT2D eigenvalue weighted by atomic mass is 9.86. The fourth-order valence-electron chi connectivity index (χ4n) is 2.61. The Balaban J connectivity index is 1.97. The van der Waals surface area contributed by atoms with Crippen LogP contribution in [0.3, 0.4) is 0 Å². The molecule has 2 rings (SSSR count). The molecule has 5 nitrogen and oxygen atoms in total. The number of hydrogen-bond acceptors (Lipinski definition) is 3. The molecule has 0 saturated heterocycles. The first-order chi connectivity index (χ1) is 9.06. The van der Waals surface area contributed by atoms with Gasteiger partial charge in [0, 0.05) is 24.0 Å². The first kappa shape index (κ1) is 13.6. The Morgan fingerprint density at radius 3 is 2.89 bits per heavy atom. The summed E-state index contributed by atoms with van der Waals surface area (Å²) in [6.45, 7) is 2.20. The number of carbonyl (C=O) groups excluding carboxylic acids is 1. The van der Waals surface area contributed by atoms with Crippen molar-refractivity contribution in [3.05, 3.63) is 28.7 Å². The summed E-state index contributed by atoms with van der Waals surface area (Å²) in [6, 6.07) is 3.16. The molecule has 1 aromatic rings. The van der Waals surface area contributed by atoms with E-state index in [-0.39, 0.29) is 24.1 Å². The number of anilines is 1. The van der Waals surface area contributed by atoms with E-state index < -0.39 is 0 Å². The maximum absolute atomic E-state index is 12.0. The van der Waals surface area contributed by atoms with Crippen molar-refractivity contribution >= 4 is 11.6 Å². The highest BCUT2D eigenvalue weighted by Crippen LogP contribution is 2.23. The lowest BCUT2D eigenvalue weighted by molar-refractivity contribution is -0.123. The summed E-state index contributed by atoms with van der Waals surface area (Å²) in [6.07, 6.45) is 6.09. The molecule has 1 amide bonds. The normalized spacial score (nSPS) is 23.0. The molecule has 1 heterocycles. The maximum Gasteiger partial charge on any atom is 0.251 e. The van der Waals surface area contributed by atoms with Gasteiger partial charge < -0.3 is 15.6 Å². The van der Waals surface area contributed by atoms with Gasteiger partial charge in [-0.2, -0.15) is 0 Å². The zero-order chi connectivity index (χ0) is 13.8. The number of amides is 1. The van der Waals surface area contributed by atoms with Gasteiger partial charge in [-0.25, -0.2) is 0 Å². The lowest BCUT2D eigenvalue weighted by Gasteiger charge is -2.29. The highest BCUT2D eigenvalue weighted by atomic mass is 16.2. The molecule has 0 aromatic carbocycles. The molecule has 0 aliphatic heterocycles. The molecule has 2 unspecified atom stereocenters. The van der Waals surface area contributed by atoms with Crippen molar-refractivity contribution in [1.82, 2.24) is 9.88 Å². The van der Waals surface area contributed by atoms with E-state index in [1.165, 1.54) is 23.3 Å². The predicted molar refractivity (Wildman–Crippen MR) is 74.7 cm³/mol. The van der Waals surface area contributed by atoms with Crippen molar-refractivity contribution in [1.29, 1.82) is 0 Å². The van der Waals surface area contributed by atoms with E-state index in [2.05, 4.69) is 12.2 Å². The van der Waals surface area contributed by atoms with Gasteiger partial charge in [-0.1, -0.05) is 19.8 Å². The number of pyridine rings is 1. The molecule has 19 heavy (non-hydrogen) atoms. The molecule has 1 aromatic heterocycles. The van der Waals surface area contributed by atoms with Crippen LogP contribution < -0.4 is 16.6 Å². The van der Waals surface area contributed by atoms with Crippen LogP contribution in [-0.4, -0.2) is 16.5 Å². The van der Waals surface area contributed by atoms with Crippen LogP contribution in [0.25, 0.3) is 0 Å². The van der Waals surface area contributed by atoms with Gasteiger partial charge in [-0.3, -0.25) is 9.59 Å². The third-order valence-electron chi connectivity index (χ3n) is 3.78. The molecule has 1 aliphatic carbocycles. The van der Waals surface area contributed by atoms with Crippen LogP contribution in [0.2, 0.25) is 0 Å². The van der Waals surface area contributed by atoms with Crippen molar-refractivity contribution in [3.8, 4) is 0 Å². The topological polar surface area (TPSA) is 77.1 Å². The number of aromatic nitrogens is 1. The van der Waals surface area contributed by atoms with E-state index >= 15 is 0 Å². The van der Waals surface area contributed by atoms with Crippen LogP contribution in [0.15, 0.2) is 23.1 Å². The number of rotatable bonds is 3. The second-order valence-electron chi connectivity index (χ2n) is 5.36. The van der Waals surface area contributed by atoms with Crippen molar-refractivity contribution < 1.29 is 4.79 Å². The average molecular weight is 263 g/mol. The highest BCUT2D eigenvalue weighted by Gasteiger charge is 2.22. The van der Waals surface area contributed by atoms with E-state index in [1.807, 2.05) is 0 Å².